The zero-order valence-corrected chi connectivity index (χ0v) is 23.6. The number of aryl methyl sites for hydroxylation is 1. The van der Waals surface area contributed by atoms with Crippen LogP contribution in [0.1, 0.15) is 49.1 Å². The highest BCUT2D eigenvalue weighted by atomic mass is 16.5. The highest BCUT2D eigenvalue weighted by Crippen LogP contribution is 2.32. The first-order valence-electron chi connectivity index (χ1n) is 13.3. The maximum absolute atomic E-state index is 10.9. The van der Waals surface area contributed by atoms with E-state index in [4.69, 9.17) is 4.74 Å². The van der Waals surface area contributed by atoms with Crippen LogP contribution in [0.4, 0.5) is 0 Å². The number of hydrogen-bond donors (Lipinski definition) is 1. The van der Waals surface area contributed by atoms with Crippen molar-refractivity contribution in [2.75, 3.05) is 21.2 Å². The van der Waals surface area contributed by atoms with Gasteiger partial charge in [0.1, 0.15) is 11.5 Å². The van der Waals surface area contributed by atoms with Crippen molar-refractivity contribution < 1.29 is 9.53 Å². The van der Waals surface area contributed by atoms with Gasteiger partial charge in [-0.1, -0.05) is 80.1 Å². The van der Waals surface area contributed by atoms with Gasteiger partial charge in [0.25, 0.3) is 0 Å². The number of Topliss-reactive ketones (excluding diaryl/α,β-unsaturated/α-hetero) is 1. The molecule has 1 aromatic heterocycles. The van der Waals surface area contributed by atoms with E-state index in [-0.39, 0.29) is 5.92 Å². The fourth-order valence-electron chi connectivity index (χ4n) is 3.96. The van der Waals surface area contributed by atoms with Crippen LogP contribution in [0.2, 0.25) is 0 Å². The molecule has 200 valence electrons. The van der Waals surface area contributed by atoms with Crippen LogP contribution in [0.25, 0.3) is 23.1 Å². The summed E-state index contributed by atoms with van der Waals surface area (Å²) in [5, 5.41) is 8.57. The van der Waals surface area contributed by atoms with Crippen LogP contribution in [0.5, 0.6) is 5.75 Å². The van der Waals surface area contributed by atoms with E-state index >= 15 is 0 Å². The molecule has 1 aliphatic carbocycles. The SMILES string of the molecule is CC(C)C(=O)C1CC1.CN(C)Cc1cccc(/C=C/c2n[nH]c3ccccc23)c1.COc1ccc(C)cc1. The Bertz CT molecular complexity index is 1310. The number of methoxy groups -OCH3 is 1. The molecule has 1 aliphatic rings. The van der Waals surface area contributed by atoms with Crippen molar-refractivity contribution in [1.82, 2.24) is 15.1 Å². The summed E-state index contributed by atoms with van der Waals surface area (Å²) in [7, 11) is 5.83. The molecule has 0 amide bonds. The summed E-state index contributed by atoms with van der Waals surface area (Å²) in [4.78, 5) is 13.1. The molecule has 0 spiro atoms. The molecule has 4 aromatic rings. The van der Waals surface area contributed by atoms with Crippen LogP contribution in [0.15, 0.2) is 72.8 Å². The first kappa shape index (κ1) is 28.9. The number of nitrogens with one attached hydrogen (secondary N) is 1. The largest absolute Gasteiger partial charge is 0.497 e. The Morgan fingerprint density at radius 2 is 1.74 bits per heavy atom. The average Bonchev–Trinajstić information content (AvgIpc) is 3.68. The van der Waals surface area contributed by atoms with Gasteiger partial charge in [0.05, 0.1) is 18.3 Å². The zero-order chi connectivity index (χ0) is 27.5. The normalized spacial score (nSPS) is 12.7. The number of rotatable bonds is 7. The highest BCUT2D eigenvalue weighted by molar-refractivity contribution is 5.89. The Kier molecular flexibility index (Phi) is 10.9. The number of aromatic amines is 1. The summed E-state index contributed by atoms with van der Waals surface area (Å²) in [6, 6.07) is 24.7. The van der Waals surface area contributed by atoms with Crippen LogP contribution in [-0.4, -0.2) is 42.1 Å². The van der Waals surface area contributed by atoms with E-state index in [1.807, 2.05) is 56.3 Å². The van der Waals surface area contributed by atoms with Crippen LogP contribution in [0.3, 0.4) is 0 Å². The van der Waals surface area contributed by atoms with Gasteiger partial charge in [0.15, 0.2) is 0 Å². The van der Waals surface area contributed by atoms with Gasteiger partial charge in [0.2, 0.25) is 0 Å². The second-order valence-electron chi connectivity index (χ2n) is 10.3. The first-order chi connectivity index (χ1) is 18.3. The predicted molar refractivity (Wildman–Crippen MR) is 159 cm³/mol. The Balaban J connectivity index is 0.000000193. The summed E-state index contributed by atoms with van der Waals surface area (Å²) < 4.78 is 4.97. The molecule has 5 rings (SSSR count). The van der Waals surface area contributed by atoms with Crippen molar-refractivity contribution in [2.24, 2.45) is 11.8 Å². The van der Waals surface area contributed by atoms with E-state index in [0.29, 0.717) is 11.7 Å². The Hall–Kier alpha value is -3.70. The molecule has 0 aliphatic heterocycles. The minimum absolute atomic E-state index is 0.266. The monoisotopic (exact) mass is 511 g/mol. The summed E-state index contributed by atoms with van der Waals surface area (Å²) in [6.45, 7) is 6.95. The van der Waals surface area contributed by atoms with Crippen molar-refractivity contribution >= 4 is 28.8 Å². The molecule has 1 N–H and O–H groups in total. The van der Waals surface area contributed by atoms with E-state index in [0.717, 1.165) is 41.7 Å². The molecular formula is C33H41N3O2. The lowest BCUT2D eigenvalue weighted by molar-refractivity contribution is -0.123. The second kappa shape index (κ2) is 14.3. The Morgan fingerprint density at radius 1 is 1.03 bits per heavy atom. The number of benzene rings is 3. The minimum atomic E-state index is 0.266. The van der Waals surface area contributed by atoms with Gasteiger partial charge >= 0.3 is 0 Å². The molecule has 1 saturated carbocycles. The third-order valence-corrected chi connectivity index (χ3v) is 6.19. The molecule has 5 nitrogen and oxygen atoms in total. The van der Waals surface area contributed by atoms with Crippen molar-refractivity contribution in [1.29, 1.82) is 0 Å². The van der Waals surface area contributed by atoms with Gasteiger partial charge in [0, 0.05) is 23.8 Å². The maximum Gasteiger partial charge on any atom is 0.138 e. The van der Waals surface area contributed by atoms with E-state index in [1.54, 1.807) is 7.11 Å². The summed E-state index contributed by atoms with van der Waals surface area (Å²) in [5.74, 6) is 2.10. The third kappa shape index (κ3) is 9.31. The van der Waals surface area contributed by atoms with Gasteiger partial charge < -0.3 is 9.64 Å². The zero-order valence-electron chi connectivity index (χ0n) is 23.6. The standard InChI is InChI=1S/C18H19N3.C8H10O.C7H12O/c1-21(2)13-15-7-5-6-14(12-15)10-11-18-16-8-3-4-9-17(16)19-20-18;1-7-3-5-8(9-2)6-4-7;1-5(2)7(8)6-3-4-6/h3-12H,13H2,1-2H3,(H,19,20);3-6H,1-2H3;5-6H,3-4H2,1-2H3/b11-10+;;. The average molecular weight is 512 g/mol. The van der Waals surface area contributed by atoms with Gasteiger partial charge in [-0.25, -0.2) is 0 Å². The maximum atomic E-state index is 10.9. The molecule has 0 saturated heterocycles. The number of para-hydroxylation sites is 1. The Labute approximate surface area is 227 Å². The van der Waals surface area contributed by atoms with E-state index < -0.39 is 0 Å². The van der Waals surface area contributed by atoms with Crippen molar-refractivity contribution in [3.05, 3.63) is 95.2 Å². The molecule has 38 heavy (non-hydrogen) atoms. The third-order valence-electron chi connectivity index (χ3n) is 6.19. The lowest BCUT2D eigenvalue weighted by atomic mass is 10.1. The highest BCUT2D eigenvalue weighted by Gasteiger charge is 2.30. The number of ketones is 1. The number of ether oxygens (including phenoxy) is 1. The quantitative estimate of drug-likeness (QED) is 0.280. The number of hydrogen-bond acceptors (Lipinski definition) is 4. The fraction of sp³-hybridized carbons (Fsp3) is 0.333. The van der Waals surface area contributed by atoms with Gasteiger partial charge in [-0.3, -0.25) is 9.89 Å². The van der Waals surface area contributed by atoms with Crippen LogP contribution in [-0.2, 0) is 11.3 Å². The molecule has 3 aromatic carbocycles. The smallest absolute Gasteiger partial charge is 0.138 e. The van der Waals surface area contributed by atoms with Crippen LogP contribution >= 0.6 is 0 Å². The number of nitrogens with zero attached hydrogens (tertiary/aromatic N) is 2. The molecule has 1 heterocycles. The first-order valence-corrected chi connectivity index (χ1v) is 13.3. The van der Waals surface area contributed by atoms with Crippen molar-refractivity contribution in [3.63, 3.8) is 0 Å². The topological polar surface area (TPSA) is 58.2 Å². The summed E-state index contributed by atoms with van der Waals surface area (Å²) in [6.07, 6.45) is 6.48. The van der Waals surface area contributed by atoms with Gasteiger partial charge in [-0.05, 0) is 69.3 Å². The van der Waals surface area contributed by atoms with E-state index in [2.05, 4.69) is 78.6 Å². The lowest BCUT2D eigenvalue weighted by Gasteiger charge is -2.09. The predicted octanol–water partition coefficient (Wildman–Crippen LogP) is 7.42. The molecule has 0 unspecified atom stereocenters. The Morgan fingerprint density at radius 3 is 2.34 bits per heavy atom. The molecule has 1 fully saturated rings. The fourth-order valence-corrected chi connectivity index (χ4v) is 3.96. The van der Waals surface area contributed by atoms with Crippen LogP contribution < -0.4 is 4.74 Å². The molecule has 0 radical (unpaired) electrons. The summed E-state index contributed by atoms with van der Waals surface area (Å²) in [5.41, 5.74) is 5.81. The molecular weight excluding hydrogens is 470 g/mol. The number of carbonyl (C=O) groups excluding carboxylic acids is 1. The van der Waals surface area contributed by atoms with Gasteiger partial charge in [-0.2, -0.15) is 5.10 Å². The second-order valence-corrected chi connectivity index (χ2v) is 10.3. The summed E-state index contributed by atoms with van der Waals surface area (Å²) >= 11 is 0. The molecule has 0 bridgehead atoms. The molecule has 5 heteroatoms. The van der Waals surface area contributed by atoms with Gasteiger partial charge in [-0.15, -0.1) is 0 Å². The van der Waals surface area contributed by atoms with Crippen LogP contribution in [0, 0.1) is 18.8 Å². The number of aromatic nitrogens is 2. The minimum Gasteiger partial charge on any atom is -0.497 e. The van der Waals surface area contributed by atoms with Crippen molar-refractivity contribution in [3.8, 4) is 5.75 Å². The van der Waals surface area contributed by atoms with Crippen molar-refractivity contribution in [2.45, 2.75) is 40.2 Å². The van der Waals surface area contributed by atoms with E-state index in [9.17, 15) is 4.79 Å². The lowest BCUT2D eigenvalue weighted by Crippen LogP contribution is -2.10. The van der Waals surface area contributed by atoms with E-state index in [1.165, 1.54) is 16.7 Å². The number of fused-ring (bicyclic) bond motifs is 1. The number of H-pyrrole nitrogens is 1. The molecule has 0 atom stereocenters. The number of carbonyl (C=O) groups is 1.